The van der Waals surface area contributed by atoms with Crippen molar-refractivity contribution in [3.63, 3.8) is 0 Å². The molecule has 25 heavy (non-hydrogen) atoms. The van der Waals surface area contributed by atoms with Crippen LogP contribution in [0.2, 0.25) is 5.02 Å². The van der Waals surface area contributed by atoms with Crippen molar-refractivity contribution >= 4 is 29.3 Å². The summed E-state index contributed by atoms with van der Waals surface area (Å²) in [7, 11) is 1.61. The number of nitrogens with one attached hydrogen (secondary N) is 2. The van der Waals surface area contributed by atoms with Gasteiger partial charge in [0.1, 0.15) is 5.75 Å². The molecule has 128 valence electrons. The Kier molecular flexibility index (Phi) is 5.15. The fraction of sp³-hybridized carbons (Fsp3) is 0.118. The van der Waals surface area contributed by atoms with Gasteiger partial charge in [0.05, 0.1) is 13.5 Å². The smallest absolute Gasteiger partial charge is 0.327 e. The van der Waals surface area contributed by atoms with Gasteiger partial charge in [-0.2, -0.15) is 0 Å². The summed E-state index contributed by atoms with van der Waals surface area (Å²) in [5.41, 5.74) is 1.54. The molecule has 2 aromatic carbocycles. The van der Waals surface area contributed by atoms with Crippen LogP contribution in [0.4, 0.5) is 16.5 Å². The third-order valence-electron chi connectivity index (χ3n) is 3.28. The van der Waals surface area contributed by atoms with Gasteiger partial charge in [0.15, 0.2) is 0 Å². The minimum absolute atomic E-state index is 0.0167. The number of amides is 2. The molecule has 0 fully saturated rings. The van der Waals surface area contributed by atoms with Crippen LogP contribution >= 0.6 is 11.6 Å². The van der Waals surface area contributed by atoms with Crippen LogP contribution in [-0.4, -0.2) is 23.3 Å². The Balaban J connectivity index is 1.58. The Morgan fingerprint density at radius 3 is 2.68 bits per heavy atom. The molecule has 1 heterocycles. The zero-order valence-electron chi connectivity index (χ0n) is 13.3. The van der Waals surface area contributed by atoms with Crippen LogP contribution in [-0.2, 0) is 6.42 Å². The summed E-state index contributed by atoms with van der Waals surface area (Å²) in [6.07, 6.45) is 0.453. The Morgan fingerprint density at radius 1 is 1.16 bits per heavy atom. The molecule has 3 rings (SSSR count). The second-order valence-electron chi connectivity index (χ2n) is 5.12. The molecule has 0 aliphatic heterocycles. The third kappa shape index (κ3) is 4.71. The Morgan fingerprint density at radius 2 is 1.96 bits per heavy atom. The quantitative estimate of drug-likeness (QED) is 0.720. The highest BCUT2D eigenvalue weighted by atomic mass is 35.5. The average molecular weight is 359 g/mol. The molecule has 8 heteroatoms. The van der Waals surface area contributed by atoms with E-state index >= 15 is 0 Å². The topological polar surface area (TPSA) is 89.3 Å². The van der Waals surface area contributed by atoms with Gasteiger partial charge in [0.2, 0.25) is 5.89 Å². The lowest BCUT2D eigenvalue weighted by Crippen LogP contribution is -2.19. The van der Waals surface area contributed by atoms with Gasteiger partial charge in [0.25, 0.3) is 0 Å². The van der Waals surface area contributed by atoms with E-state index in [0.717, 1.165) is 11.3 Å². The molecule has 0 saturated heterocycles. The zero-order valence-corrected chi connectivity index (χ0v) is 14.1. The first-order valence-corrected chi connectivity index (χ1v) is 7.79. The number of methoxy groups -OCH3 is 1. The Labute approximate surface area is 149 Å². The normalized spacial score (nSPS) is 10.3. The molecule has 0 unspecified atom stereocenters. The van der Waals surface area contributed by atoms with E-state index < -0.39 is 6.03 Å². The maximum Gasteiger partial charge on any atom is 0.327 e. The number of carbonyl (C=O) groups is 1. The maximum absolute atomic E-state index is 11.9. The lowest BCUT2D eigenvalue weighted by atomic mass is 10.1. The number of nitrogens with zero attached hydrogens (tertiary/aromatic N) is 2. The van der Waals surface area contributed by atoms with Gasteiger partial charge in [-0.05, 0) is 35.9 Å². The van der Waals surface area contributed by atoms with Gasteiger partial charge in [-0.3, -0.25) is 5.32 Å². The lowest BCUT2D eigenvalue weighted by molar-refractivity contribution is 0.261. The molecule has 0 saturated carbocycles. The summed E-state index contributed by atoms with van der Waals surface area (Å²) in [5, 5.41) is 13.4. The lowest BCUT2D eigenvalue weighted by Gasteiger charge is -2.04. The average Bonchev–Trinajstić information content (AvgIpc) is 3.02. The van der Waals surface area contributed by atoms with Gasteiger partial charge in [-0.25, -0.2) is 4.79 Å². The van der Waals surface area contributed by atoms with Crippen molar-refractivity contribution in [2.45, 2.75) is 6.42 Å². The van der Waals surface area contributed by atoms with Crippen LogP contribution in [0.3, 0.4) is 0 Å². The predicted octanol–water partition coefficient (Wildman–Crippen LogP) is 3.97. The van der Waals surface area contributed by atoms with E-state index in [9.17, 15) is 4.79 Å². The van der Waals surface area contributed by atoms with Gasteiger partial charge in [-0.15, -0.1) is 5.10 Å². The minimum atomic E-state index is -0.498. The van der Waals surface area contributed by atoms with E-state index in [0.29, 0.717) is 23.0 Å². The summed E-state index contributed by atoms with van der Waals surface area (Å²) in [6.45, 7) is 0. The van der Waals surface area contributed by atoms with E-state index in [2.05, 4.69) is 20.8 Å². The van der Waals surface area contributed by atoms with Crippen molar-refractivity contribution in [2.75, 3.05) is 17.7 Å². The van der Waals surface area contributed by atoms with E-state index in [-0.39, 0.29) is 6.01 Å². The van der Waals surface area contributed by atoms with Crippen molar-refractivity contribution in [1.82, 2.24) is 10.2 Å². The first kappa shape index (κ1) is 16.8. The van der Waals surface area contributed by atoms with E-state index in [1.54, 1.807) is 31.4 Å². The van der Waals surface area contributed by atoms with E-state index in [4.69, 9.17) is 20.8 Å². The number of anilines is 2. The van der Waals surface area contributed by atoms with Crippen molar-refractivity contribution in [3.05, 3.63) is 65.0 Å². The van der Waals surface area contributed by atoms with Crippen LogP contribution in [0.25, 0.3) is 0 Å². The first-order valence-electron chi connectivity index (χ1n) is 7.41. The highest BCUT2D eigenvalue weighted by Crippen LogP contribution is 2.17. The molecule has 0 bridgehead atoms. The number of ether oxygens (including phenoxy) is 1. The molecule has 0 atom stereocenters. The van der Waals surface area contributed by atoms with Gasteiger partial charge < -0.3 is 14.5 Å². The van der Waals surface area contributed by atoms with Gasteiger partial charge in [0, 0.05) is 10.7 Å². The second-order valence-corrected chi connectivity index (χ2v) is 5.55. The molecular weight excluding hydrogens is 344 g/mol. The molecular formula is C17H15ClN4O3. The third-order valence-corrected chi connectivity index (χ3v) is 3.52. The summed E-state index contributed by atoms with van der Waals surface area (Å²) >= 11 is 5.87. The number of hydrogen-bond donors (Lipinski definition) is 2. The first-order chi connectivity index (χ1) is 12.1. The standard InChI is InChI=1S/C17H15ClN4O3/c1-24-14-7-5-11(6-8-14)9-15-21-22-17(25-15)20-16(23)19-13-4-2-3-12(18)10-13/h2-8,10H,9H2,1H3,(H2,19,20,22,23). The number of urea groups is 1. The number of aromatic nitrogens is 2. The zero-order chi connectivity index (χ0) is 17.6. The molecule has 2 amide bonds. The number of hydrogen-bond acceptors (Lipinski definition) is 5. The maximum atomic E-state index is 11.9. The van der Waals surface area contributed by atoms with E-state index in [1.165, 1.54) is 0 Å². The van der Waals surface area contributed by atoms with Crippen LogP contribution in [0.1, 0.15) is 11.5 Å². The van der Waals surface area contributed by atoms with Crippen LogP contribution in [0, 0.1) is 0 Å². The highest BCUT2D eigenvalue weighted by molar-refractivity contribution is 6.30. The molecule has 0 aliphatic carbocycles. The highest BCUT2D eigenvalue weighted by Gasteiger charge is 2.10. The summed E-state index contributed by atoms with van der Waals surface area (Å²) < 4.78 is 10.5. The molecule has 0 radical (unpaired) electrons. The number of rotatable bonds is 5. The molecule has 0 aliphatic rings. The van der Waals surface area contributed by atoms with Crippen molar-refractivity contribution in [2.24, 2.45) is 0 Å². The fourth-order valence-corrected chi connectivity index (χ4v) is 2.31. The summed E-state index contributed by atoms with van der Waals surface area (Å²) in [5.74, 6) is 1.16. The van der Waals surface area contributed by atoms with E-state index in [1.807, 2.05) is 24.3 Å². The van der Waals surface area contributed by atoms with Crippen molar-refractivity contribution in [3.8, 4) is 5.75 Å². The van der Waals surface area contributed by atoms with Crippen LogP contribution in [0.15, 0.2) is 52.9 Å². The fourth-order valence-electron chi connectivity index (χ4n) is 2.12. The second kappa shape index (κ2) is 7.67. The molecule has 7 nitrogen and oxygen atoms in total. The van der Waals surface area contributed by atoms with Crippen LogP contribution < -0.4 is 15.4 Å². The van der Waals surface area contributed by atoms with Crippen molar-refractivity contribution < 1.29 is 13.9 Å². The molecule has 2 N–H and O–H groups in total. The van der Waals surface area contributed by atoms with Crippen molar-refractivity contribution in [1.29, 1.82) is 0 Å². The SMILES string of the molecule is COc1ccc(Cc2nnc(NC(=O)Nc3cccc(Cl)c3)o2)cc1. The summed E-state index contributed by atoms with van der Waals surface area (Å²) in [6, 6.07) is 13.8. The number of carbonyl (C=O) groups excluding carboxylic acids is 1. The molecule has 1 aromatic heterocycles. The summed E-state index contributed by atoms with van der Waals surface area (Å²) in [4.78, 5) is 11.9. The largest absolute Gasteiger partial charge is 0.497 e. The number of benzene rings is 2. The Bertz CT molecular complexity index is 864. The number of halogens is 1. The van der Waals surface area contributed by atoms with Crippen LogP contribution in [0.5, 0.6) is 5.75 Å². The van der Waals surface area contributed by atoms with Gasteiger partial charge >= 0.3 is 12.0 Å². The van der Waals surface area contributed by atoms with Gasteiger partial charge in [-0.1, -0.05) is 34.9 Å². The molecule has 0 spiro atoms. The molecule has 3 aromatic rings. The monoisotopic (exact) mass is 358 g/mol. The minimum Gasteiger partial charge on any atom is -0.497 e. The Hall–Kier alpha value is -3.06. The predicted molar refractivity (Wildman–Crippen MR) is 94.2 cm³/mol.